The molecule has 0 bridgehead atoms. The minimum absolute atomic E-state index is 0.0199. The van der Waals surface area contributed by atoms with Gasteiger partial charge in [-0.05, 0) is 61.6 Å². The number of hydrogen-bond donors (Lipinski definition) is 2. The van der Waals surface area contributed by atoms with E-state index in [4.69, 9.17) is 21.1 Å². The molecule has 1 aliphatic heterocycles. The van der Waals surface area contributed by atoms with Crippen LogP contribution < -0.4 is 20.1 Å². The monoisotopic (exact) mass is 755 g/mol. The molecule has 12 nitrogen and oxygen atoms in total. The van der Waals surface area contributed by atoms with Crippen molar-refractivity contribution in [1.29, 1.82) is 0 Å². The number of nitrogens with zero attached hydrogens (tertiary/aromatic N) is 5. The Hall–Kier alpha value is -3.56. The predicted molar refractivity (Wildman–Crippen MR) is 197 cm³/mol. The summed E-state index contributed by atoms with van der Waals surface area (Å²) in [5.74, 6) is 0.00881. The van der Waals surface area contributed by atoms with Crippen molar-refractivity contribution in [3.63, 3.8) is 0 Å². The Morgan fingerprint density at radius 1 is 1.08 bits per heavy atom. The molecule has 2 N–H and O–H groups in total. The van der Waals surface area contributed by atoms with Gasteiger partial charge in [0.05, 0.1) is 36.9 Å². The number of halogens is 2. The first-order valence-electron chi connectivity index (χ1n) is 18.1. The lowest BCUT2D eigenvalue weighted by atomic mass is 9.89. The highest BCUT2D eigenvalue weighted by molar-refractivity contribution is 7.88. The van der Waals surface area contributed by atoms with E-state index in [2.05, 4.69) is 30.4 Å². The van der Waals surface area contributed by atoms with E-state index in [0.29, 0.717) is 12.5 Å². The third-order valence-electron chi connectivity index (χ3n) is 11.0. The van der Waals surface area contributed by atoms with Gasteiger partial charge in [0, 0.05) is 64.3 Å². The number of likely N-dealkylation sites (N-methyl/N-ethyl adjacent to an activating group) is 1. The van der Waals surface area contributed by atoms with Crippen LogP contribution in [0.15, 0.2) is 42.6 Å². The van der Waals surface area contributed by atoms with Gasteiger partial charge in [0.2, 0.25) is 21.9 Å². The minimum Gasteiger partial charge on any atom is -0.495 e. The Morgan fingerprint density at radius 2 is 1.81 bits per heavy atom. The zero-order valence-corrected chi connectivity index (χ0v) is 31.4. The summed E-state index contributed by atoms with van der Waals surface area (Å²) in [7, 11) is -0.612. The maximum atomic E-state index is 15.5. The summed E-state index contributed by atoms with van der Waals surface area (Å²) in [4.78, 5) is 27.2. The Labute approximate surface area is 310 Å². The number of carbonyl (C=O) groups excluding carboxylic acids is 1. The second-order valence-electron chi connectivity index (χ2n) is 14.5. The van der Waals surface area contributed by atoms with Gasteiger partial charge in [-0.25, -0.2) is 17.8 Å². The van der Waals surface area contributed by atoms with Crippen molar-refractivity contribution < 1.29 is 27.1 Å². The van der Waals surface area contributed by atoms with Crippen LogP contribution in [0, 0.1) is 11.7 Å². The van der Waals surface area contributed by atoms with Crippen molar-refractivity contribution in [2.24, 2.45) is 5.92 Å². The van der Waals surface area contributed by atoms with E-state index in [1.807, 2.05) is 24.3 Å². The van der Waals surface area contributed by atoms with Gasteiger partial charge in [0.15, 0.2) is 0 Å². The van der Waals surface area contributed by atoms with E-state index < -0.39 is 33.9 Å². The molecule has 4 aliphatic rings. The molecule has 3 aliphatic carbocycles. The Kier molecular flexibility index (Phi) is 10.9. The van der Waals surface area contributed by atoms with Crippen LogP contribution in [0.5, 0.6) is 11.6 Å². The fourth-order valence-electron chi connectivity index (χ4n) is 7.86. The van der Waals surface area contributed by atoms with E-state index in [1.165, 1.54) is 56.2 Å². The number of benzene rings is 2. The highest BCUT2D eigenvalue weighted by Gasteiger charge is 2.40. The van der Waals surface area contributed by atoms with Crippen LogP contribution in [-0.4, -0.2) is 110 Å². The van der Waals surface area contributed by atoms with E-state index in [1.54, 1.807) is 0 Å². The van der Waals surface area contributed by atoms with E-state index >= 15 is 4.39 Å². The van der Waals surface area contributed by atoms with Crippen molar-refractivity contribution >= 4 is 39.2 Å². The van der Waals surface area contributed by atoms with Gasteiger partial charge in [-0.3, -0.25) is 9.69 Å². The molecule has 280 valence electrons. The number of nitrogens with one attached hydrogen (secondary N) is 2. The Bertz CT molecular complexity index is 1880. The summed E-state index contributed by atoms with van der Waals surface area (Å²) in [6, 6.07) is 10.0. The summed E-state index contributed by atoms with van der Waals surface area (Å²) in [6.45, 7) is 5.74. The summed E-state index contributed by atoms with van der Waals surface area (Å²) in [5.41, 5.74) is 1.89. The fraction of sp³-hybridized carbons (Fsp3) is 0.541. The van der Waals surface area contributed by atoms with Gasteiger partial charge in [-0.1, -0.05) is 35.9 Å². The summed E-state index contributed by atoms with van der Waals surface area (Å²) >= 11 is 6.45. The Morgan fingerprint density at radius 3 is 2.50 bits per heavy atom. The SMILES string of the molecule is COc1cc(C(=O)N[C@H]2CC[C@H](N3CCN(CC4CC4)CC3)CC2)c(F)cc1Nc1ncc(Cl)c(O[C@@H]2Cc3ccccc3[C@H]2N(C)S(C)(=O)=O)n1. The molecule has 2 heterocycles. The molecule has 52 heavy (non-hydrogen) atoms. The van der Waals surface area contributed by atoms with Crippen LogP contribution in [-0.2, 0) is 16.4 Å². The van der Waals surface area contributed by atoms with Crippen LogP contribution in [0.4, 0.5) is 16.0 Å². The molecule has 1 aromatic heterocycles. The van der Waals surface area contributed by atoms with Crippen molar-refractivity contribution in [3.8, 4) is 11.6 Å². The number of sulfonamides is 1. The lowest BCUT2D eigenvalue weighted by Crippen LogP contribution is -2.52. The molecule has 1 amide bonds. The lowest BCUT2D eigenvalue weighted by Gasteiger charge is -2.42. The lowest BCUT2D eigenvalue weighted by molar-refractivity contribution is 0.0693. The first kappa shape index (κ1) is 36.8. The first-order chi connectivity index (χ1) is 25.0. The molecule has 2 aromatic carbocycles. The molecule has 3 aromatic rings. The number of rotatable bonds is 12. The number of piperazine rings is 1. The van der Waals surface area contributed by atoms with Gasteiger partial charge in [0.1, 0.15) is 22.7 Å². The molecule has 7 rings (SSSR count). The van der Waals surface area contributed by atoms with Crippen LogP contribution in [0.3, 0.4) is 0 Å². The minimum atomic E-state index is -3.56. The number of methoxy groups -OCH3 is 1. The quantitative estimate of drug-likeness (QED) is 0.260. The normalized spacial score (nSPS) is 24.0. The number of aromatic nitrogens is 2. The van der Waals surface area contributed by atoms with Crippen LogP contribution in [0.1, 0.15) is 66.1 Å². The summed E-state index contributed by atoms with van der Waals surface area (Å²) in [6.07, 6.45) is 8.81. The average molecular weight is 756 g/mol. The zero-order valence-electron chi connectivity index (χ0n) is 29.9. The van der Waals surface area contributed by atoms with Crippen molar-refractivity contribution in [3.05, 3.63) is 70.1 Å². The molecule has 0 unspecified atom stereocenters. The Balaban J connectivity index is 0.981. The molecule has 0 spiro atoms. The zero-order chi connectivity index (χ0) is 36.6. The topological polar surface area (TPSA) is 129 Å². The van der Waals surface area contributed by atoms with Crippen molar-refractivity contribution in [1.82, 2.24) is 29.4 Å². The smallest absolute Gasteiger partial charge is 0.254 e. The van der Waals surface area contributed by atoms with Crippen molar-refractivity contribution in [2.75, 3.05) is 58.5 Å². The highest BCUT2D eigenvalue weighted by Crippen LogP contribution is 2.40. The number of ether oxygens (including phenoxy) is 2. The van der Waals surface area contributed by atoms with E-state index in [0.717, 1.165) is 75.2 Å². The van der Waals surface area contributed by atoms with Gasteiger partial charge < -0.3 is 25.0 Å². The van der Waals surface area contributed by atoms with Crippen molar-refractivity contribution in [2.45, 2.75) is 69.2 Å². The largest absolute Gasteiger partial charge is 0.495 e. The van der Waals surface area contributed by atoms with Crippen LogP contribution >= 0.6 is 11.6 Å². The fourth-order valence-corrected chi connectivity index (χ4v) is 8.65. The summed E-state index contributed by atoms with van der Waals surface area (Å²) in [5, 5.41) is 6.13. The molecule has 15 heteroatoms. The second-order valence-corrected chi connectivity index (χ2v) is 17.0. The number of hydrogen-bond acceptors (Lipinski definition) is 10. The predicted octanol–water partition coefficient (Wildman–Crippen LogP) is 5.03. The molecule has 2 atom stereocenters. The average Bonchev–Trinajstić information content (AvgIpc) is 3.87. The molecular formula is C37H47ClFN7O5S. The third-order valence-corrected chi connectivity index (χ3v) is 12.5. The van der Waals surface area contributed by atoms with Crippen LogP contribution in [0.2, 0.25) is 5.02 Å². The van der Waals surface area contributed by atoms with Gasteiger partial charge >= 0.3 is 0 Å². The molecule has 0 radical (unpaired) electrons. The van der Waals surface area contributed by atoms with E-state index in [9.17, 15) is 13.2 Å². The number of carbonyl (C=O) groups is 1. The number of anilines is 2. The standard InChI is InChI=1S/C37H47ClFN7O5S/c1-44(52(3,48)49)34-27-7-5-4-6-24(27)18-33(34)51-36-29(38)21-40-37(43-36)42-31-20-30(39)28(19-32(31)50-2)35(47)41-25-10-12-26(13-11-25)46-16-14-45(15-17-46)22-23-8-9-23/h4-7,19-21,23,25-26,33-34H,8-18,22H2,1-3H3,(H,41,47)(H,40,42,43)/t25-,26-,33-,34-/m1/s1. The van der Waals surface area contributed by atoms with Gasteiger partial charge in [0.25, 0.3) is 5.91 Å². The van der Waals surface area contributed by atoms with Crippen LogP contribution in [0.25, 0.3) is 0 Å². The third kappa shape index (κ3) is 8.31. The summed E-state index contributed by atoms with van der Waals surface area (Å²) < 4.78 is 53.7. The van der Waals surface area contributed by atoms with Gasteiger partial charge in [-0.15, -0.1) is 0 Å². The number of amides is 1. The molecular weight excluding hydrogens is 709 g/mol. The maximum absolute atomic E-state index is 15.5. The first-order valence-corrected chi connectivity index (χ1v) is 20.3. The molecule has 3 fully saturated rings. The maximum Gasteiger partial charge on any atom is 0.254 e. The van der Waals surface area contributed by atoms with E-state index in [-0.39, 0.29) is 39.9 Å². The molecule has 2 saturated carbocycles. The molecule has 1 saturated heterocycles. The van der Waals surface area contributed by atoms with Gasteiger partial charge in [-0.2, -0.15) is 9.29 Å². The highest BCUT2D eigenvalue weighted by atomic mass is 35.5. The second kappa shape index (κ2) is 15.4. The number of fused-ring (bicyclic) bond motifs is 1.